The minimum absolute atomic E-state index is 0.396. The molecule has 0 bridgehead atoms. The number of hydrogen-bond acceptors (Lipinski definition) is 2. The minimum Gasteiger partial charge on any atom is -0.472 e. The Morgan fingerprint density at radius 3 is 2.11 bits per heavy atom. The van der Waals surface area contributed by atoms with Crippen LogP contribution >= 0.6 is 12.2 Å². The Morgan fingerprint density at radius 2 is 1.39 bits per heavy atom. The van der Waals surface area contributed by atoms with Crippen LogP contribution in [0.4, 0.5) is 0 Å². The number of fused-ring (bicyclic) bond motifs is 3. The van der Waals surface area contributed by atoms with Gasteiger partial charge in [-0.3, -0.25) is 0 Å². The average Bonchev–Trinajstić information content (AvgIpc) is 2.45. The van der Waals surface area contributed by atoms with E-state index in [1.807, 2.05) is 24.3 Å². The van der Waals surface area contributed by atoms with Gasteiger partial charge >= 0.3 is 0 Å². The molecule has 2 heteroatoms. The Balaban J connectivity index is 2.37. The second kappa shape index (κ2) is 3.92. The number of ether oxygens (including phenoxy) is 1. The van der Waals surface area contributed by atoms with Gasteiger partial charge in [0.1, 0.15) is 5.60 Å². The molecule has 1 nitrogen and oxygen atoms in total. The summed E-state index contributed by atoms with van der Waals surface area (Å²) < 4.78 is 5.98. The fourth-order valence-electron chi connectivity index (χ4n) is 2.48. The van der Waals surface area contributed by atoms with Crippen molar-refractivity contribution in [2.45, 2.75) is 19.4 Å². The van der Waals surface area contributed by atoms with Crippen molar-refractivity contribution in [1.82, 2.24) is 0 Å². The van der Waals surface area contributed by atoms with E-state index in [1.165, 1.54) is 11.1 Å². The highest BCUT2D eigenvalue weighted by Crippen LogP contribution is 2.39. The number of hydrogen-bond donors (Lipinski definition) is 0. The van der Waals surface area contributed by atoms with E-state index in [0.717, 1.165) is 11.1 Å². The summed E-state index contributed by atoms with van der Waals surface area (Å²) in [5.74, 6) is 0. The lowest BCUT2D eigenvalue weighted by molar-refractivity contribution is 0.102. The van der Waals surface area contributed by atoms with E-state index in [1.54, 1.807) is 0 Å². The molecule has 0 aromatic heterocycles. The van der Waals surface area contributed by atoms with E-state index in [9.17, 15) is 0 Å². The first-order valence-electron chi connectivity index (χ1n) is 6.02. The van der Waals surface area contributed by atoms with Gasteiger partial charge in [-0.2, -0.15) is 0 Å². The van der Waals surface area contributed by atoms with Crippen LogP contribution in [0.15, 0.2) is 48.5 Å². The molecule has 0 saturated carbocycles. The average molecular weight is 254 g/mol. The van der Waals surface area contributed by atoms with Crippen LogP contribution in [-0.4, -0.2) is 5.05 Å². The summed E-state index contributed by atoms with van der Waals surface area (Å²) in [6.07, 6.45) is 0. The molecule has 0 N–H and O–H groups in total. The summed E-state index contributed by atoms with van der Waals surface area (Å²) in [4.78, 5) is 0. The highest BCUT2D eigenvalue weighted by atomic mass is 32.1. The van der Waals surface area contributed by atoms with Gasteiger partial charge in [-0.05, 0) is 43.3 Å². The van der Waals surface area contributed by atoms with Crippen molar-refractivity contribution in [1.29, 1.82) is 0 Å². The standard InChI is InChI=1S/C16H14OS/c1-16(2)14-10-6-5-8-12(14)11-7-3-4-9-13(11)15(18)17-16/h3-10H,1-2H3. The van der Waals surface area contributed by atoms with Gasteiger partial charge < -0.3 is 4.74 Å². The number of benzene rings is 2. The van der Waals surface area contributed by atoms with Crippen LogP contribution in [0.1, 0.15) is 25.0 Å². The van der Waals surface area contributed by atoms with Crippen LogP contribution in [0, 0.1) is 0 Å². The second-order valence-electron chi connectivity index (χ2n) is 4.99. The molecule has 0 spiro atoms. The summed E-state index contributed by atoms with van der Waals surface area (Å²) in [6, 6.07) is 16.5. The highest BCUT2D eigenvalue weighted by Gasteiger charge is 2.31. The normalized spacial score (nSPS) is 16.2. The quantitative estimate of drug-likeness (QED) is 0.648. The molecule has 2 aromatic rings. The lowest BCUT2D eigenvalue weighted by Crippen LogP contribution is -2.23. The molecule has 0 amide bonds. The van der Waals surface area contributed by atoms with Crippen LogP contribution in [0.5, 0.6) is 0 Å². The van der Waals surface area contributed by atoms with Gasteiger partial charge in [0.05, 0.1) is 0 Å². The molecule has 0 aliphatic carbocycles. The van der Waals surface area contributed by atoms with Crippen molar-refractivity contribution in [2.75, 3.05) is 0 Å². The molecular weight excluding hydrogens is 240 g/mol. The molecule has 0 radical (unpaired) electrons. The molecule has 1 heterocycles. The summed E-state index contributed by atoms with van der Waals surface area (Å²) in [7, 11) is 0. The summed E-state index contributed by atoms with van der Waals surface area (Å²) >= 11 is 5.42. The van der Waals surface area contributed by atoms with Gasteiger partial charge in [0.15, 0.2) is 5.05 Å². The highest BCUT2D eigenvalue weighted by molar-refractivity contribution is 7.80. The van der Waals surface area contributed by atoms with Crippen LogP contribution in [-0.2, 0) is 10.3 Å². The van der Waals surface area contributed by atoms with E-state index in [0.29, 0.717) is 5.05 Å². The minimum atomic E-state index is -0.396. The van der Waals surface area contributed by atoms with Gasteiger partial charge in [-0.1, -0.05) is 42.5 Å². The number of thiocarbonyl (C=S) groups is 1. The van der Waals surface area contributed by atoms with Gasteiger partial charge in [0.25, 0.3) is 0 Å². The zero-order chi connectivity index (χ0) is 12.8. The largest absolute Gasteiger partial charge is 0.472 e. The smallest absolute Gasteiger partial charge is 0.192 e. The molecule has 18 heavy (non-hydrogen) atoms. The first-order chi connectivity index (χ1) is 8.59. The van der Waals surface area contributed by atoms with Crippen LogP contribution in [0.3, 0.4) is 0 Å². The lowest BCUT2D eigenvalue weighted by atomic mass is 9.89. The van der Waals surface area contributed by atoms with Crippen molar-refractivity contribution in [2.24, 2.45) is 0 Å². The monoisotopic (exact) mass is 254 g/mol. The van der Waals surface area contributed by atoms with E-state index in [4.69, 9.17) is 17.0 Å². The second-order valence-corrected chi connectivity index (χ2v) is 5.36. The Bertz CT molecular complexity index is 628. The predicted molar refractivity (Wildman–Crippen MR) is 77.7 cm³/mol. The maximum Gasteiger partial charge on any atom is 0.192 e. The molecule has 1 aliphatic heterocycles. The van der Waals surface area contributed by atoms with Crippen LogP contribution in [0.2, 0.25) is 0 Å². The Kier molecular flexibility index (Phi) is 2.49. The fourth-order valence-corrected chi connectivity index (χ4v) is 2.87. The van der Waals surface area contributed by atoms with Crippen molar-refractivity contribution >= 4 is 17.3 Å². The topological polar surface area (TPSA) is 9.23 Å². The van der Waals surface area contributed by atoms with Gasteiger partial charge in [0, 0.05) is 11.1 Å². The zero-order valence-electron chi connectivity index (χ0n) is 10.4. The molecule has 0 atom stereocenters. The summed E-state index contributed by atoms with van der Waals surface area (Å²) in [5.41, 5.74) is 4.15. The van der Waals surface area contributed by atoms with E-state index >= 15 is 0 Å². The molecule has 0 fully saturated rings. The molecule has 0 saturated heterocycles. The van der Waals surface area contributed by atoms with Crippen molar-refractivity contribution in [3.8, 4) is 11.1 Å². The maximum absolute atomic E-state index is 5.98. The van der Waals surface area contributed by atoms with Crippen molar-refractivity contribution < 1.29 is 4.74 Å². The summed E-state index contributed by atoms with van der Waals surface area (Å²) in [5, 5.41) is 0.576. The fraction of sp³-hybridized carbons (Fsp3) is 0.188. The Hall–Kier alpha value is -1.67. The molecule has 90 valence electrons. The zero-order valence-corrected chi connectivity index (χ0v) is 11.3. The summed E-state index contributed by atoms with van der Waals surface area (Å²) in [6.45, 7) is 4.12. The molecule has 1 aliphatic rings. The molecular formula is C16H14OS. The van der Waals surface area contributed by atoms with E-state index in [-0.39, 0.29) is 0 Å². The molecule has 0 unspecified atom stereocenters. The van der Waals surface area contributed by atoms with Crippen molar-refractivity contribution in [3.63, 3.8) is 0 Å². The van der Waals surface area contributed by atoms with E-state index in [2.05, 4.69) is 38.1 Å². The third-order valence-electron chi connectivity index (χ3n) is 3.36. The first kappa shape index (κ1) is 11.4. The van der Waals surface area contributed by atoms with Gasteiger partial charge in [0.2, 0.25) is 0 Å². The Labute approximate surface area is 112 Å². The van der Waals surface area contributed by atoms with E-state index < -0.39 is 5.60 Å². The third-order valence-corrected chi connectivity index (χ3v) is 3.66. The van der Waals surface area contributed by atoms with Crippen LogP contribution < -0.4 is 0 Å². The first-order valence-corrected chi connectivity index (χ1v) is 6.43. The third kappa shape index (κ3) is 1.65. The van der Waals surface area contributed by atoms with Gasteiger partial charge in [-0.25, -0.2) is 0 Å². The maximum atomic E-state index is 5.98. The number of rotatable bonds is 0. The van der Waals surface area contributed by atoms with Gasteiger partial charge in [-0.15, -0.1) is 0 Å². The molecule has 3 rings (SSSR count). The lowest BCUT2D eigenvalue weighted by Gasteiger charge is -2.26. The molecule has 2 aromatic carbocycles. The van der Waals surface area contributed by atoms with Crippen LogP contribution in [0.25, 0.3) is 11.1 Å². The van der Waals surface area contributed by atoms with Crippen molar-refractivity contribution in [3.05, 3.63) is 59.7 Å². The SMILES string of the molecule is CC1(C)OC(=S)c2ccccc2-c2ccccc21. The predicted octanol–water partition coefficient (Wildman–Crippen LogP) is 4.29. The Morgan fingerprint density at radius 1 is 0.833 bits per heavy atom.